The monoisotopic (exact) mass is 372 g/mol. The molecule has 140 valence electrons. The highest BCUT2D eigenvalue weighted by Crippen LogP contribution is 2.29. The van der Waals surface area contributed by atoms with E-state index in [9.17, 15) is 24.8 Å². The van der Waals surface area contributed by atoms with Gasteiger partial charge in [0.2, 0.25) is 5.78 Å². The summed E-state index contributed by atoms with van der Waals surface area (Å²) in [5.41, 5.74) is 0.144. The SMILES string of the molecule is COc1cccc(C(O)=CC(=O)C(=O)Nc2ccc([N+](=O)[O-])cc2OC)c1. The molecule has 0 spiro atoms. The molecule has 1 amide bonds. The van der Waals surface area contributed by atoms with E-state index in [0.29, 0.717) is 11.3 Å². The van der Waals surface area contributed by atoms with Crippen LogP contribution in [0.2, 0.25) is 0 Å². The maximum atomic E-state index is 12.1. The number of ketones is 1. The molecule has 0 aromatic heterocycles. The van der Waals surface area contributed by atoms with Crippen molar-refractivity contribution in [2.75, 3.05) is 19.5 Å². The molecule has 0 aliphatic heterocycles. The molecule has 0 saturated carbocycles. The molecule has 0 aliphatic carbocycles. The number of rotatable bonds is 7. The Morgan fingerprint density at radius 1 is 1.15 bits per heavy atom. The van der Waals surface area contributed by atoms with E-state index in [1.54, 1.807) is 18.2 Å². The fourth-order valence-electron chi connectivity index (χ4n) is 2.14. The zero-order chi connectivity index (χ0) is 20.0. The number of amides is 1. The fraction of sp³-hybridized carbons (Fsp3) is 0.111. The van der Waals surface area contributed by atoms with Gasteiger partial charge in [-0.05, 0) is 18.2 Å². The standard InChI is InChI=1S/C18H16N2O7/c1-26-13-5-3-4-11(8-13)15(21)10-16(22)18(23)19-14-7-6-12(20(24)25)9-17(14)27-2/h3-10,21H,1-2H3,(H,19,23). The van der Waals surface area contributed by atoms with Gasteiger partial charge in [0.15, 0.2) is 0 Å². The van der Waals surface area contributed by atoms with E-state index in [-0.39, 0.29) is 17.1 Å². The third-order valence-electron chi connectivity index (χ3n) is 3.50. The minimum absolute atomic E-state index is 0.0198. The zero-order valence-electron chi connectivity index (χ0n) is 14.5. The molecule has 0 aliphatic rings. The van der Waals surface area contributed by atoms with Gasteiger partial charge < -0.3 is 19.9 Å². The Bertz CT molecular complexity index is 922. The Hall–Kier alpha value is -3.88. The van der Waals surface area contributed by atoms with Crippen LogP contribution in [0.1, 0.15) is 5.56 Å². The Labute approximate surface area is 154 Å². The van der Waals surface area contributed by atoms with E-state index in [1.807, 2.05) is 0 Å². The first kappa shape index (κ1) is 19.4. The number of ether oxygens (including phenoxy) is 2. The average Bonchev–Trinajstić information content (AvgIpc) is 2.67. The molecule has 0 radical (unpaired) electrons. The number of nitrogens with one attached hydrogen (secondary N) is 1. The number of aliphatic hydroxyl groups excluding tert-OH is 1. The molecule has 0 atom stereocenters. The molecule has 2 N–H and O–H groups in total. The topological polar surface area (TPSA) is 128 Å². The van der Waals surface area contributed by atoms with Crippen molar-refractivity contribution in [3.8, 4) is 11.5 Å². The van der Waals surface area contributed by atoms with Gasteiger partial charge in [-0.25, -0.2) is 0 Å². The van der Waals surface area contributed by atoms with Crippen LogP contribution in [0.15, 0.2) is 48.5 Å². The van der Waals surface area contributed by atoms with Gasteiger partial charge in [-0.1, -0.05) is 12.1 Å². The number of nitro groups is 1. The van der Waals surface area contributed by atoms with Crippen LogP contribution >= 0.6 is 0 Å². The van der Waals surface area contributed by atoms with Gasteiger partial charge in [-0.15, -0.1) is 0 Å². The number of anilines is 1. The number of hydrogen-bond acceptors (Lipinski definition) is 7. The molecule has 2 aromatic carbocycles. The molecule has 0 saturated heterocycles. The van der Waals surface area contributed by atoms with Gasteiger partial charge in [-0.3, -0.25) is 19.7 Å². The summed E-state index contributed by atoms with van der Waals surface area (Å²) in [4.78, 5) is 34.3. The number of hydrogen-bond donors (Lipinski definition) is 2. The average molecular weight is 372 g/mol. The lowest BCUT2D eigenvalue weighted by molar-refractivity contribution is -0.384. The molecule has 0 fully saturated rings. The molecule has 2 rings (SSSR count). The van der Waals surface area contributed by atoms with Crippen LogP contribution in [-0.2, 0) is 9.59 Å². The quantitative estimate of drug-likeness (QED) is 0.251. The summed E-state index contributed by atoms with van der Waals surface area (Å²) in [7, 11) is 2.72. The second-order valence-electron chi connectivity index (χ2n) is 5.22. The smallest absolute Gasteiger partial charge is 0.296 e. The van der Waals surface area contributed by atoms with Crippen LogP contribution in [0.3, 0.4) is 0 Å². The molecule has 9 heteroatoms. The van der Waals surface area contributed by atoms with Crippen molar-refractivity contribution in [2.24, 2.45) is 0 Å². The highest BCUT2D eigenvalue weighted by atomic mass is 16.6. The zero-order valence-corrected chi connectivity index (χ0v) is 14.5. The Morgan fingerprint density at radius 3 is 2.52 bits per heavy atom. The molecule has 9 nitrogen and oxygen atoms in total. The minimum atomic E-state index is -1.04. The van der Waals surface area contributed by atoms with Crippen LogP contribution < -0.4 is 14.8 Å². The van der Waals surface area contributed by atoms with E-state index in [2.05, 4.69) is 5.32 Å². The van der Waals surface area contributed by atoms with Crippen molar-refractivity contribution in [3.05, 3.63) is 64.2 Å². The summed E-state index contributed by atoms with van der Waals surface area (Å²) in [6.45, 7) is 0. The highest BCUT2D eigenvalue weighted by molar-refractivity contribution is 6.45. The van der Waals surface area contributed by atoms with Crippen molar-refractivity contribution >= 4 is 28.8 Å². The van der Waals surface area contributed by atoms with E-state index in [0.717, 1.165) is 18.2 Å². The first-order chi connectivity index (χ1) is 12.8. The minimum Gasteiger partial charge on any atom is -0.507 e. The normalized spacial score (nSPS) is 10.8. The number of methoxy groups -OCH3 is 2. The van der Waals surface area contributed by atoms with E-state index in [1.165, 1.54) is 26.4 Å². The predicted octanol–water partition coefficient (Wildman–Crippen LogP) is 2.72. The van der Waals surface area contributed by atoms with Crippen LogP contribution in [0, 0.1) is 10.1 Å². The lowest BCUT2D eigenvalue weighted by Gasteiger charge is -2.09. The number of carbonyl (C=O) groups is 2. The third kappa shape index (κ3) is 4.82. The second kappa shape index (κ2) is 8.48. The summed E-state index contributed by atoms with van der Waals surface area (Å²) in [6.07, 6.45) is 0.766. The van der Waals surface area contributed by atoms with Crippen molar-refractivity contribution < 1.29 is 29.1 Å². The second-order valence-corrected chi connectivity index (χ2v) is 5.22. The van der Waals surface area contributed by atoms with Crippen LogP contribution in [-0.4, -0.2) is 35.9 Å². The van der Waals surface area contributed by atoms with Crippen LogP contribution in [0.5, 0.6) is 11.5 Å². The molecule has 2 aromatic rings. The lowest BCUT2D eigenvalue weighted by atomic mass is 10.1. The fourth-order valence-corrected chi connectivity index (χ4v) is 2.14. The number of non-ortho nitro benzene ring substituents is 1. The van der Waals surface area contributed by atoms with E-state index < -0.39 is 22.4 Å². The first-order valence-electron chi connectivity index (χ1n) is 7.58. The van der Waals surface area contributed by atoms with Crippen molar-refractivity contribution in [3.63, 3.8) is 0 Å². The molecule has 0 heterocycles. The summed E-state index contributed by atoms with van der Waals surface area (Å²) >= 11 is 0. The largest absolute Gasteiger partial charge is 0.507 e. The predicted molar refractivity (Wildman–Crippen MR) is 96.9 cm³/mol. The van der Waals surface area contributed by atoms with Crippen LogP contribution in [0.25, 0.3) is 5.76 Å². The number of nitrogens with zero attached hydrogens (tertiary/aromatic N) is 1. The first-order valence-corrected chi connectivity index (χ1v) is 7.58. The van der Waals surface area contributed by atoms with Gasteiger partial charge in [0.25, 0.3) is 11.6 Å². The van der Waals surface area contributed by atoms with Gasteiger partial charge in [0, 0.05) is 17.7 Å². The van der Waals surface area contributed by atoms with Gasteiger partial charge in [-0.2, -0.15) is 0 Å². The third-order valence-corrected chi connectivity index (χ3v) is 3.50. The molecular formula is C18H16N2O7. The van der Waals surface area contributed by atoms with Crippen LogP contribution in [0.4, 0.5) is 11.4 Å². The van der Waals surface area contributed by atoms with Gasteiger partial charge >= 0.3 is 0 Å². The molecular weight excluding hydrogens is 356 g/mol. The summed E-state index contributed by atoms with van der Waals surface area (Å²) in [5, 5.41) is 23.1. The Balaban J connectivity index is 2.18. The Kier molecular flexibility index (Phi) is 6.10. The molecule has 0 unspecified atom stereocenters. The summed E-state index contributed by atoms with van der Waals surface area (Å²) in [5.74, 6) is -1.98. The van der Waals surface area contributed by atoms with Crippen molar-refractivity contribution in [1.82, 2.24) is 0 Å². The van der Waals surface area contributed by atoms with Gasteiger partial charge in [0.05, 0.1) is 30.9 Å². The molecule has 27 heavy (non-hydrogen) atoms. The summed E-state index contributed by atoms with van der Waals surface area (Å²) < 4.78 is 10.0. The van der Waals surface area contributed by atoms with Crippen molar-refractivity contribution in [2.45, 2.75) is 0 Å². The number of benzene rings is 2. The number of nitro benzene ring substituents is 1. The maximum absolute atomic E-state index is 12.1. The van der Waals surface area contributed by atoms with E-state index in [4.69, 9.17) is 9.47 Å². The van der Waals surface area contributed by atoms with Gasteiger partial charge in [0.1, 0.15) is 17.3 Å². The number of aliphatic hydroxyl groups is 1. The van der Waals surface area contributed by atoms with E-state index >= 15 is 0 Å². The summed E-state index contributed by atoms with van der Waals surface area (Å²) in [6, 6.07) is 9.83. The molecule has 0 bridgehead atoms. The van der Waals surface area contributed by atoms with Crippen molar-refractivity contribution in [1.29, 1.82) is 0 Å². The highest BCUT2D eigenvalue weighted by Gasteiger charge is 2.17. The maximum Gasteiger partial charge on any atom is 0.296 e. The lowest BCUT2D eigenvalue weighted by Crippen LogP contribution is -2.21. The number of carbonyl (C=O) groups excluding carboxylic acids is 2. The Morgan fingerprint density at radius 2 is 1.89 bits per heavy atom.